The molecule has 6 heteroatoms. The van der Waals surface area contributed by atoms with Crippen molar-refractivity contribution in [3.8, 4) is 5.75 Å². The molecule has 0 unspecified atom stereocenters. The van der Waals surface area contributed by atoms with Crippen LogP contribution in [0.4, 0.5) is 0 Å². The molecule has 0 spiro atoms. The maximum absolute atomic E-state index is 6.15. The first-order chi connectivity index (χ1) is 17.5. The molecule has 0 saturated carbocycles. The van der Waals surface area contributed by atoms with Crippen LogP contribution in [-0.2, 0) is 20.2 Å². The zero-order valence-electron chi connectivity index (χ0n) is 24.5. The number of likely N-dealkylation sites (tertiary alicyclic amines) is 1. The fraction of sp³-hybridized carbons (Fsp3) is 0.667. The Bertz CT molecular complexity index is 690. The molecular weight excluding hydrogens is 469 g/mol. The fourth-order valence-electron chi connectivity index (χ4n) is 3.65. The highest BCUT2D eigenvalue weighted by Crippen LogP contribution is 2.38. The zero-order valence-corrected chi connectivity index (χ0v) is 25.4. The van der Waals surface area contributed by atoms with Gasteiger partial charge in [-0.1, -0.05) is 59.8 Å². The Hall–Kier alpha value is -1.55. The van der Waals surface area contributed by atoms with Gasteiger partial charge in [0, 0.05) is 31.4 Å². The molecule has 0 bridgehead atoms. The number of rotatable bonds is 14. The van der Waals surface area contributed by atoms with Crippen molar-refractivity contribution in [3.05, 3.63) is 53.9 Å². The molecule has 1 aromatic rings. The van der Waals surface area contributed by atoms with E-state index in [0.717, 1.165) is 68.7 Å². The monoisotopic (exact) mass is 523 g/mol. The third-order valence-electron chi connectivity index (χ3n) is 5.47. The Morgan fingerprint density at radius 1 is 1.06 bits per heavy atom. The molecule has 208 valence electrons. The molecular formula is C30H54NO4P. The number of nitrogens with zero attached hydrogens (tertiary/aromatic N) is 1. The summed E-state index contributed by atoms with van der Waals surface area (Å²) in [7, 11) is 0.926. The summed E-state index contributed by atoms with van der Waals surface area (Å²) in [6.07, 6.45) is 8.29. The second kappa shape index (κ2) is 22.6. The summed E-state index contributed by atoms with van der Waals surface area (Å²) in [6, 6.07) is 8.44. The highest BCUT2D eigenvalue weighted by atomic mass is 31.2. The van der Waals surface area contributed by atoms with Gasteiger partial charge < -0.3 is 23.4 Å². The Balaban J connectivity index is 0.00000227. The molecule has 1 aromatic carbocycles. The number of hydrogen-bond acceptors (Lipinski definition) is 5. The van der Waals surface area contributed by atoms with Crippen molar-refractivity contribution in [2.45, 2.75) is 80.6 Å². The van der Waals surface area contributed by atoms with Crippen molar-refractivity contribution in [2.75, 3.05) is 46.2 Å². The first kappa shape index (κ1) is 34.5. The van der Waals surface area contributed by atoms with Crippen LogP contribution < -0.4 is 4.74 Å². The SMILES string of the molecule is C=C(/C=C(\CC)OC)N1CCC(COc2cccc(CCP(OCC)OCC)c2)CC1.CC.CCC. The average Bonchev–Trinajstić information content (AvgIpc) is 2.91. The van der Waals surface area contributed by atoms with Gasteiger partial charge in [-0.15, -0.1) is 0 Å². The summed E-state index contributed by atoms with van der Waals surface area (Å²) in [4.78, 5) is 2.35. The van der Waals surface area contributed by atoms with Crippen LogP contribution in [-0.4, -0.2) is 51.1 Å². The minimum Gasteiger partial charge on any atom is -0.501 e. The van der Waals surface area contributed by atoms with Crippen molar-refractivity contribution in [2.24, 2.45) is 5.92 Å². The van der Waals surface area contributed by atoms with Crippen molar-refractivity contribution < 1.29 is 18.5 Å². The molecule has 0 aliphatic carbocycles. The van der Waals surface area contributed by atoms with Crippen LogP contribution in [0.1, 0.15) is 79.7 Å². The summed E-state index contributed by atoms with van der Waals surface area (Å²) in [5.41, 5.74) is 2.32. The van der Waals surface area contributed by atoms with Gasteiger partial charge in [-0.3, -0.25) is 0 Å². The highest BCUT2D eigenvalue weighted by molar-refractivity contribution is 7.47. The summed E-state index contributed by atoms with van der Waals surface area (Å²) in [5, 5.41) is 0. The van der Waals surface area contributed by atoms with E-state index in [1.165, 1.54) is 12.0 Å². The maximum atomic E-state index is 6.15. The van der Waals surface area contributed by atoms with Crippen LogP contribution in [0.5, 0.6) is 5.75 Å². The van der Waals surface area contributed by atoms with Crippen molar-refractivity contribution >= 4 is 8.38 Å². The molecule has 0 N–H and O–H groups in total. The van der Waals surface area contributed by atoms with Crippen LogP contribution >= 0.6 is 8.38 Å². The second-order valence-corrected chi connectivity index (χ2v) is 10.0. The molecule has 1 aliphatic rings. The van der Waals surface area contributed by atoms with Crippen LogP contribution in [0, 0.1) is 5.92 Å². The van der Waals surface area contributed by atoms with Crippen molar-refractivity contribution in [1.82, 2.24) is 4.90 Å². The van der Waals surface area contributed by atoms with E-state index < -0.39 is 8.38 Å². The quantitative estimate of drug-likeness (QED) is 0.139. The third-order valence-corrected chi connectivity index (χ3v) is 7.15. The van der Waals surface area contributed by atoms with E-state index in [-0.39, 0.29) is 0 Å². The largest absolute Gasteiger partial charge is 0.501 e. The van der Waals surface area contributed by atoms with Crippen LogP contribution in [0.2, 0.25) is 0 Å². The minimum atomic E-state index is -0.795. The summed E-state index contributed by atoms with van der Waals surface area (Å²) >= 11 is 0. The van der Waals surface area contributed by atoms with E-state index in [1.54, 1.807) is 7.11 Å². The van der Waals surface area contributed by atoms with Gasteiger partial charge in [0.15, 0.2) is 8.38 Å². The lowest BCUT2D eigenvalue weighted by Crippen LogP contribution is -2.34. The lowest BCUT2D eigenvalue weighted by Gasteiger charge is -2.34. The molecule has 0 radical (unpaired) electrons. The highest BCUT2D eigenvalue weighted by Gasteiger charge is 2.20. The molecule has 0 aromatic heterocycles. The smallest absolute Gasteiger partial charge is 0.170 e. The maximum Gasteiger partial charge on any atom is 0.170 e. The predicted molar refractivity (Wildman–Crippen MR) is 157 cm³/mol. The molecule has 0 amide bonds. The fourth-order valence-corrected chi connectivity index (χ4v) is 5.00. The van der Waals surface area contributed by atoms with Gasteiger partial charge in [0.1, 0.15) is 5.75 Å². The second-order valence-electron chi connectivity index (χ2n) is 8.40. The number of methoxy groups -OCH3 is 1. The van der Waals surface area contributed by atoms with Gasteiger partial charge in [-0.25, -0.2) is 0 Å². The number of hydrogen-bond donors (Lipinski definition) is 0. The standard InChI is InChI=1S/C25H40NO4P.C3H8.C2H6/c1-6-24(27-5)18-21(4)26-15-12-23(13-16-26)20-28-25-11-9-10-22(19-25)14-17-31(29-7-2)30-8-3;1-3-2;1-2/h9-11,18-19,23H,4,6-8,12-17,20H2,1-3,5H3;3H2,1-2H3;1-2H3/b24-18+;;. The molecule has 0 atom stereocenters. The van der Waals surface area contributed by atoms with Crippen LogP contribution in [0.25, 0.3) is 0 Å². The molecule has 36 heavy (non-hydrogen) atoms. The lowest BCUT2D eigenvalue weighted by atomic mass is 9.97. The number of benzene rings is 1. The van der Waals surface area contributed by atoms with Crippen LogP contribution in [0.15, 0.2) is 48.4 Å². The number of aryl methyl sites for hydroxylation is 1. The van der Waals surface area contributed by atoms with E-state index in [0.29, 0.717) is 19.1 Å². The number of piperidine rings is 1. The Labute approximate surface area is 224 Å². The third kappa shape index (κ3) is 14.9. The molecule has 1 saturated heterocycles. The van der Waals surface area contributed by atoms with Gasteiger partial charge >= 0.3 is 0 Å². The van der Waals surface area contributed by atoms with Gasteiger partial charge in [-0.05, 0) is 62.8 Å². The lowest BCUT2D eigenvalue weighted by molar-refractivity contribution is 0.166. The normalized spacial score (nSPS) is 13.9. The average molecular weight is 524 g/mol. The summed E-state index contributed by atoms with van der Waals surface area (Å²) in [6.45, 7) is 22.8. The van der Waals surface area contributed by atoms with E-state index in [2.05, 4.69) is 62.6 Å². The molecule has 1 fully saturated rings. The van der Waals surface area contributed by atoms with Crippen molar-refractivity contribution in [3.63, 3.8) is 0 Å². The molecule has 1 heterocycles. The molecule has 2 rings (SSSR count). The summed E-state index contributed by atoms with van der Waals surface area (Å²) < 4.78 is 22.9. The van der Waals surface area contributed by atoms with Gasteiger partial charge in [0.25, 0.3) is 0 Å². The Kier molecular flexibility index (Phi) is 21.7. The zero-order chi connectivity index (χ0) is 27.2. The van der Waals surface area contributed by atoms with Crippen LogP contribution in [0.3, 0.4) is 0 Å². The van der Waals surface area contributed by atoms with E-state index >= 15 is 0 Å². The predicted octanol–water partition coefficient (Wildman–Crippen LogP) is 8.60. The van der Waals surface area contributed by atoms with Crippen molar-refractivity contribution in [1.29, 1.82) is 0 Å². The van der Waals surface area contributed by atoms with E-state index in [1.807, 2.05) is 27.7 Å². The molecule has 5 nitrogen and oxygen atoms in total. The number of ether oxygens (including phenoxy) is 2. The van der Waals surface area contributed by atoms with Gasteiger partial charge in [-0.2, -0.15) is 0 Å². The molecule has 1 aliphatic heterocycles. The van der Waals surface area contributed by atoms with Gasteiger partial charge in [0.05, 0.1) is 32.7 Å². The topological polar surface area (TPSA) is 40.2 Å². The Morgan fingerprint density at radius 3 is 2.19 bits per heavy atom. The summed E-state index contributed by atoms with van der Waals surface area (Å²) in [5.74, 6) is 2.51. The number of allylic oxidation sites excluding steroid dienone is 2. The first-order valence-corrected chi connectivity index (χ1v) is 15.3. The first-order valence-electron chi connectivity index (χ1n) is 13.9. The van der Waals surface area contributed by atoms with Gasteiger partial charge in [0.2, 0.25) is 0 Å². The minimum absolute atomic E-state index is 0.577. The Morgan fingerprint density at radius 2 is 1.67 bits per heavy atom. The van der Waals surface area contributed by atoms with E-state index in [4.69, 9.17) is 18.5 Å². The van der Waals surface area contributed by atoms with E-state index in [9.17, 15) is 0 Å².